The highest BCUT2D eigenvalue weighted by atomic mass is 32.2. The second-order valence-electron chi connectivity index (χ2n) is 3.78. The van der Waals surface area contributed by atoms with Gasteiger partial charge in [0.2, 0.25) is 5.95 Å². The first-order valence-electron chi connectivity index (χ1n) is 5.49. The summed E-state index contributed by atoms with van der Waals surface area (Å²) >= 11 is 1.80. The summed E-state index contributed by atoms with van der Waals surface area (Å²) in [7, 11) is 1.98. The third-order valence-corrected chi connectivity index (χ3v) is 3.33. The lowest BCUT2D eigenvalue weighted by molar-refractivity contribution is 0.657. The fourth-order valence-electron chi connectivity index (χ4n) is 1.53. The molecule has 0 aromatic carbocycles. The predicted octanol–water partition coefficient (Wildman–Crippen LogP) is 1.34. The van der Waals surface area contributed by atoms with Gasteiger partial charge in [0.05, 0.1) is 0 Å². The number of aromatic nitrogens is 2. The maximum atomic E-state index is 7.37. The van der Waals surface area contributed by atoms with Gasteiger partial charge in [-0.3, -0.25) is 5.41 Å². The number of nitrogens with zero attached hydrogens (tertiary/aromatic N) is 3. The molecule has 0 aliphatic carbocycles. The summed E-state index contributed by atoms with van der Waals surface area (Å²) in [5, 5.41) is 7.37. The molecule has 0 saturated carbocycles. The van der Waals surface area contributed by atoms with Gasteiger partial charge < -0.3 is 10.6 Å². The van der Waals surface area contributed by atoms with Gasteiger partial charge in [-0.1, -0.05) is 6.92 Å². The molecule has 1 rings (SSSR count). The van der Waals surface area contributed by atoms with E-state index in [0.29, 0.717) is 17.7 Å². The van der Waals surface area contributed by atoms with Crippen LogP contribution >= 0.6 is 11.8 Å². The Morgan fingerprint density at radius 2 is 2.35 bits per heavy atom. The zero-order valence-corrected chi connectivity index (χ0v) is 11.3. The minimum Gasteiger partial charge on any atom is -0.382 e. The van der Waals surface area contributed by atoms with Crippen LogP contribution in [0.1, 0.15) is 19.0 Å². The van der Waals surface area contributed by atoms with Crippen molar-refractivity contribution in [2.45, 2.75) is 19.4 Å². The van der Waals surface area contributed by atoms with Crippen molar-refractivity contribution in [3.8, 4) is 0 Å². The third-order valence-electron chi connectivity index (χ3n) is 2.61. The van der Waals surface area contributed by atoms with E-state index in [1.54, 1.807) is 24.0 Å². The smallest absolute Gasteiger partial charge is 0.225 e. The topological polar surface area (TPSA) is 78.9 Å². The lowest BCUT2D eigenvalue weighted by Gasteiger charge is -2.26. The molecular formula is C11H19N5S. The molecule has 1 aromatic rings. The van der Waals surface area contributed by atoms with Crippen molar-refractivity contribution < 1.29 is 0 Å². The number of hydrogen-bond donors (Lipinski definition) is 2. The van der Waals surface area contributed by atoms with Gasteiger partial charge in [0.25, 0.3) is 0 Å². The maximum absolute atomic E-state index is 7.37. The van der Waals surface area contributed by atoms with Gasteiger partial charge in [-0.15, -0.1) is 0 Å². The molecule has 0 aliphatic rings. The molecule has 0 radical (unpaired) electrons. The quantitative estimate of drug-likeness (QED) is 0.591. The van der Waals surface area contributed by atoms with Gasteiger partial charge in [0.15, 0.2) is 0 Å². The van der Waals surface area contributed by atoms with Crippen molar-refractivity contribution in [2.24, 2.45) is 5.73 Å². The molecule has 1 aromatic heterocycles. The maximum Gasteiger partial charge on any atom is 0.225 e. The van der Waals surface area contributed by atoms with Crippen LogP contribution in [0.15, 0.2) is 12.3 Å². The molecule has 0 aliphatic heterocycles. The van der Waals surface area contributed by atoms with E-state index >= 15 is 0 Å². The lowest BCUT2D eigenvalue weighted by Crippen LogP contribution is -2.34. The normalized spacial score (nSPS) is 12.2. The Bertz CT molecular complexity index is 382. The molecule has 1 atom stereocenters. The first-order valence-corrected chi connectivity index (χ1v) is 6.88. The zero-order chi connectivity index (χ0) is 12.8. The van der Waals surface area contributed by atoms with E-state index in [-0.39, 0.29) is 5.84 Å². The number of anilines is 1. The van der Waals surface area contributed by atoms with E-state index in [1.165, 1.54) is 0 Å². The Morgan fingerprint density at radius 1 is 1.65 bits per heavy atom. The van der Waals surface area contributed by atoms with Gasteiger partial charge in [-0.25, -0.2) is 9.97 Å². The highest BCUT2D eigenvalue weighted by Crippen LogP contribution is 2.14. The van der Waals surface area contributed by atoms with Crippen LogP contribution in [0, 0.1) is 5.41 Å². The summed E-state index contributed by atoms with van der Waals surface area (Å²) in [5.41, 5.74) is 5.89. The SMILES string of the molecule is CCC(CSC)N(C)c1nccc(C(=N)N)n1. The van der Waals surface area contributed by atoms with Crippen LogP contribution in [0.4, 0.5) is 5.95 Å². The zero-order valence-electron chi connectivity index (χ0n) is 10.5. The molecular weight excluding hydrogens is 234 g/mol. The number of thioether (sulfide) groups is 1. The van der Waals surface area contributed by atoms with Gasteiger partial charge >= 0.3 is 0 Å². The van der Waals surface area contributed by atoms with Crippen LogP contribution in [0.2, 0.25) is 0 Å². The van der Waals surface area contributed by atoms with E-state index < -0.39 is 0 Å². The Kier molecular flexibility index (Phi) is 5.21. The standard InChI is InChI=1S/C11H19N5S/c1-4-8(7-17-3)16(2)11-14-6-5-9(15-11)10(12)13/h5-6,8H,4,7H2,1-3H3,(H3,12,13). The molecule has 3 N–H and O–H groups in total. The molecule has 1 heterocycles. The van der Waals surface area contributed by atoms with Crippen LogP contribution in [-0.2, 0) is 0 Å². The van der Waals surface area contributed by atoms with Crippen LogP contribution in [-0.4, -0.2) is 40.9 Å². The second kappa shape index (κ2) is 6.44. The van der Waals surface area contributed by atoms with Crippen LogP contribution < -0.4 is 10.6 Å². The van der Waals surface area contributed by atoms with E-state index in [1.807, 2.05) is 11.9 Å². The molecule has 0 fully saturated rings. The minimum absolute atomic E-state index is 0.0278. The van der Waals surface area contributed by atoms with E-state index in [0.717, 1.165) is 12.2 Å². The number of rotatable bonds is 6. The molecule has 94 valence electrons. The highest BCUT2D eigenvalue weighted by Gasteiger charge is 2.15. The number of nitrogens with one attached hydrogen (secondary N) is 1. The van der Waals surface area contributed by atoms with E-state index in [4.69, 9.17) is 11.1 Å². The van der Waals surface area contributed by atoms with Crippen molar-refractivity contribution in [1.29, 1.82) is 5.41 Å². The summed E-state index contributed by atoms with van der Waals surface area (Å²) in [6.45, 7) is 2.15. The number of hydrogen-bond acceptors (Lipinski definition) is 5. The van der Waals surface area contributed by atoms with Crippen molar-refractivity contribution in [3.05, 3.63) is 18.0 Å². The molecule has 17 heavy (non-hydrogen) atoms. The summed E-state index contributed by atoms with van der Waals surface area (Å²) in [6, 6.07) is 2.04. The van der Waals surface area contributed by atoms with Crippen molar-refractivity contribution in [2.75, 3.05) is 24.0 Å². The first kappa shape index (κ1) is 13.8. The average Bonchev–Trinajstić information content (AvgIpc) is 2.35. The summed E-state index contributed by atoms with van der Waals surface area (Å²) < 4.78 is 0. The van der Waals surface area contributed by atoms with Gasteiger partial charge in [0.1, 0.15) is 11.5 Å². The fourth-order valence-corrected chi connectivity index (χ4v) is 2.37. The van der Waals surface area contributed by atoms with Gasteiger partial charge in [-0.05, 0) is 18.7 Å². The van der Waals surface area contributed by atoms with E-state index in [9.17, 15) is 0 Å². The summed E-state index contributed by atoms with van der Waals surface area (Å²) in [5.74, 6) is 1.62. The Balaban J connectivity index is 2.90. The molecule has 0 saturated heterocycles. The summed E-state index contributed by atoms with van der Waals surface area (Å²) in [4.78, 5) is 10.6. The number of nitrogen functional groups attached to an aromatic ring is 1. The highest BCUT2D eigenvalue weighted by molar-refractivity contribution is 7.98. The third kappa shape index (κ3) is 3.59. The van der Waals surface area contributed by atoms with Gasteiger partial charge in [0, 0.05) is 25.0 Å². The second-order valence-corrected chi connectivity index (χ2v) is 4.69. The van der Waals surface area contributed by atoms with Crippen molar-refractivity contribution >= 4 is 23.5 Å². The van der Waals surface area contributed by atoms with Crippen molar-refractivity contribution in [3.63, 3.8) is 0 Å². The minimum atomic E-state index is -0.0278. The number of amidine groups is 1. The Hall–Kier alpha value is -1.30. The summed E-state index contributed by atoms with van der Waals surface area (Å²) in [6.07, 6.45) is 4.76. The predicted molar refractivity (Wildman–Crippen MR) is 73.9 cm³/mol. The molecule has 1 unspecified atom stereocenters. The number of nitrogens with two attached hydrogens (primary N) is 1. The van der Waals surface area contributed by atoms with Crippen LogP contribution in [0.5, 0.6) is 0 Å². The molecule has 0 amide bonds. The molecule has 0 spiro atoms. The van der Waals surface area contributed by atoms with Crippen LogP contribution in [0.25, 0.3) is 0 Å². The Labute approximate surface area is 106 Å². The first-order chi connectivity index (χ1) is 8.10. The molecule has 6 heteroatoms. The van der Waals surface area contributed by atoms with Crippen molar-refractivity contribution in [1.82, 2.24) is 9.97 Å². The van der Waals surface area contributed by atoms with E-state index in [2.05, 4.69) is 23.1 Å². The fraction of sp³-hybridized carbons (Fsp3) is 0.545. The van der Waals surface area contributed by atoms with Gasteiger partial charge in [-0.2, -0.15) is 11.8 Å². The van der Waals surface area contributed by atoms with Crippen LogP contribution in [0.3, 0.4) is 0 Å². The largest absolute Gasteiger partial charge is 0.382 e. The Morgan fingerprint density at radius 3 is 2.88 bits per heavy atom. The molecule has 0 bridgehead atoms. The average molecular weight is 253 g/mol. The lowest BCUT2D eigenvalue weighted by atomic mass is 10.2. The molecule has 5 nitrogen and oxygen atoms in total. The monoisotopic (exact) mass is 253 g/mol.